The Bertz CT molecular complexity index is 904. The van der Waals surface area contributed by atoms with Gasteiger partial charge in [-0.3, -0.25) is 9.10 Å². The summed E-state index contributed by atoms with van der Waals surface area (Å²) in [6.45, 7) is 2.63. The molecule has 1 amide bonds. The Labute approximate surface area is 160 Å². The van der Waals surface area contributed by atoms with Crippen LogP contribution in [0.15, 0.2) is 48.5 Å². The van der Waals surface area contributed by atoms with Crippen LogP contribution in [0.25, 0.3) is 0 Å². The molecule has 0 saturated carbocycles. The summed E-state index contributed by atoms with van der Waals surface area (Å²) >= 11 is 0. The minimum Gasteiger partial charge on any atom is -0.372 e. The first-order valence-corrected chi connectivity index (χ1v) is 10.9. The fraction of sp³-hybridized carbons (Fsp3) is 0.350. The Morgan fingerprint density at radius 1 is 1.11 bits per heavy atom. The summed E-state index contributed by atoms with van der Waals surface area (Å²) in [5.74, 6) is -0.234. The minimum atomic E-state index is -3.37. The second-order valence-electron chi connectivity index (χ2n) is 6.82. The van der Waals surface area contributed by atoms with Crippen molar-refractivity contribution >= 4 is 27.3 Å². The molecule has 0 aliphatic carbocycles. The molecule has 2 aromatic rings. The van der Waals surface area contributed by atoms with Gasteiger partial charge in [0.15, 0.2) is 0 Å². The number of amides is 1. The molecule has 1 aliphatic rings. The summed E-state index contributed by atoms with van der Waals surface area (Å²) in [5.41, 5.74) is 3.13. The van der Waals surface area contributed by atoms with E-state index in [0.29, 0.717) is 17.8 Å². The molecule has 1 N–H and O–H groups in total. The highest BCUT2D eigenvalue weighted by Crippen LogP contribution is 2.21. The lowest BCUT2D eigenvalue weighted by molar-refractivity contribution is 0.0951. The number of benzene rings is 2. The Morgan fingerprint density at radius 3 is 2.41 bits per heavy atom. The third-order valence-electron chi connectivity index (χ3n) is 4.83. The Hall–Kier alpha value is -2.54. The Kier molecular flexibility index (Phi) is 5.70. The molecule has 1 heterocycles. The first kappa shape index (κ1) is 19.2. The lowest BCUT2D eigenvalue weighted by atomic mass is 10.1. The second kappa shape index (κ2) is 8.00. The van der Waals surface area contributed by atoms with Crippen molar-refractivity contribution in [1.82, 2.24) is 5.32 Å². The van der Waals surface area contributed by atoms with Crippen molar-refractivity contribution in [2.24, 2.45) is 0 Å². The van der Waals surface area contributed by atoms with Gasteiger partial charge in [0.1, 0.15) is 0 Å². The van der Waals surface area contributed by atoms with Crippen LogP contribution in [0.1, 0.15) is 28.8 Å². The molecule has 1 fully saturated rings. The van der Waals surface area contributed by atoms with Crippen molar-refractivity contribution in [3.63, 3.8) is 0 Å². The third kappa shape index (κ3) is 4.80. The van der Waals surface area contributed by atoms with Gasteiger partial charge in [0.2, 0.25) is 10.0 Å². The van der Waals surface area contributed by atoms with Crippen molar-refractivity contribution in [3.05, 3.63) is 59.7 Å². The van der Waals surface area contributed by atoms with E-state index in [0.717, 1.165) is 29.2 Å². The van der Waals surface area contributed by atoms with Crippen molar-refractivity contribution in [2.45, 2.75) is 19.4 Å². The SMILES string of the molecule is CN(c1cccc(C(=O)NCc2ccc(N3CCCC3)cc2)c1)S(C)(=O)=O. The summed E-state index contributed by atoms with van der Waals surface area (Å²) in [4.78, 5) is 14.8. The van der Waals surface area contributed by atoms with Gasteiger partial charge in [-0.1, -0.05) is 18.2 Å². The van der Waals surface area contributed by atoms with E-state index in [9.17, 15) is 13.2 Å². The smallest absolute Gasteiger partial charge is 0.251 e. The van der Waals surface area contributed by atoms with Gasteiger partial charge < -0.3 is 10.2 Å². The van der Waals surface area contributed by atoms with Crippen LogP contribution in [0.3, 0.4) is 0 Å². The largest absolute Gasteiger partial charge is 0.372 e. The van der Waals surface area contributed by atoms with Crippen LogP contribution >= 0.6 is 0 Å². The summed E-state index contributed by atoms with van der Waals surface area (Å²) in [6.07, 6.45) is 3.61. The molecule has 1 aliphatic heterocycles. The van der Waals surface area contributed by atoms with Crippen LogP contribution in [0, 0.1) is 0 Å². The number of nitrogens with one attached hydrogen (secondary N) is 1. The number of rotatable bonds is 6. The zero-order valence-electron chi connectivity index (χ0n) is 15.7. The van der Waals surface area contributed by atoms with E-state index >= 15 is 0 Å². The molecule has 7 heteroatoms. The first-order chi connectivity index (χ1) is 12.8. The van der Waals surface area contributed by atoms with Gasteiger partial charge in [0.05, 0.1) is 11.9 Å². The monoisotopic (exact) mass is 387 g/mol. The second-order valence-corrected chi connectivity index (χ2v) is 8.84. The molecule has 0 bridgehead atoms. The van der Waals surface area contributed by atoms with Crippen LogP contribution in [0.4, 0.5) is 11.4 Å². The number of anilines is 2. The van der Waals surface area contributed by atoms with Crippen LogP contribution in [0.2, 0.25) is 0 Å². The minimum absolute atomic E-state index is 0.234. The molecule has 2 aromatic carbocycles. The van der Waals surface area contributed by atoms with Crippen molar-refractivity contribution in [2.75, 3.05) is 35.6 Å². The van der Waals surface area contributed by atoms with E-state index in [-0.39, 0.29) is 5.91 Å². The number of nitrogens with zero attached hydrogens (tertiary/aromatic N) is 2. The topological polar surface area (TPSA) is 69.7 Å². The zero-order valence-corrected chi connectivity index (χ0v) is 16.5. The van der Waals surface area contributed by atoms with Crippen molar-refractivity contribution < 1.29 is 13.2 Å². The number of carbonyl (C=O) groups is 1. The predicted molar refractivity (Wildman–Crippen MR) is 109 cm³/mol. The Morgan fingerprint density at radius 2 is 1.78 bits per heavy atom. The molecule has 0 radical (unpaired) electrons. The maximum absolute atomic E-state index is 12.4. The molecule has 6 nitrogen and oxygen atoms in total. The van der Waals surface area contributed by atoms with Crippen LogP contribution in [-0.4, -0.2) is 40.7 Å². The van der Waals surface area contributed by atoms with Gasteiger partial charge in [-0.05, 0) is 48.7 Å². The maximum Gasteiger partial charge on any atom is 0.251 e. The van der Waals surface area contributed by atoms with E-state index in [4.69, 9.17) is 0 Å². The van der Waals surface area contributed by atoms with Crippen LogP contribution < -0.4 is 14.5 Å². The van der Waals surface area contributed by atoms with Gasteiger partial charge in [-0.2, -0.15) is 0 Å². The summed E-state index contributed by atoms with van der Waals surface area (Å²) in [6, 6.07) is 14.8. The van der Waals surface area contributed by atoms with E-state index in [1.807, 2.05) is 12.1 Å². The number of sulfonamides is 1. The molecule has 144 valence electrons. The zero-order chi connectivity index (χ0) is 19.4. The molecule has 0 spiro atoms. The normalized spacial score (nSPS) is 14.2. The fourth-order valence-corrected chi connectivity index (χ4v) is 3.62. The lowest BCUT2D eigenvalue weighted by Crippen LogP contribution is -2.26. The average Bonchev–Trinajstić information content (AvgIpc) is 3.20. The molecular formula is C20H25N3O3S. The average molecular weight is 388 g/mol. The van der Waals surface area contributed by atoms with Gasteiger partial charge in [-0.15, -0.1) is 0 Å². The molecule has 3 rings (SSSR count). The quantitative estimate of drug-likeness (QED) is 0.827. The number of hydrogen-bond donors (Lipinski definition) is 1. The van der Waals surface area contributed by atoms with Gasteiger partial charge in [-0.25, -0.2) is 8.42 Å². The summed E-state index contributed by atoms with van der Waals surface area (Å²) < 4.78 is 24.5. The summed E-state index contributed by atoms with van der Waals surface area (Å²) in [7, 11) is -1.90. The van der Waals surface area contributed by atoms with E-state index in [1.165, 1.54) is 25.6 Å². The fourth-order valence-electron chi connectivity index (χ4n) is 3.12. The van der Waals surface area contributed by atoms with E-state index in [1.54, 1.807) is 24.3 Å². The molecule has 0 aromatic heterocycles. The first-order valence-electron chi connectivity index (χ1n) is 9.01. The highest BCUT2D eigenvalue weighted by atomic mass is 32.2. The molecule has 1 saturated heterocycles. The highest BCUT2D eigenvalue weighted by Gasteiger charge is 2.14. The van der Waals surface area contributed by atoms with E-state index < -0.39 is 10.0 Å². The predicted octanol–water partition coefficient (Wildman–Crippen LogP) is 2.61. The molecule has 0 atom stereocenters. The summed E-state index contributed by atoms with van der Waals surface area (Å²) in [5, 5.41) is 2.89. The van der Waals surface area contributed by atoms with Gasteiger partial charge in [0.25, 0.3) is 5.91 Å². The van der Waals surface area contributed by atoms with Crippen molar-refractivity contribution in [1.29, 1.82) is 0 Å². The number of carbonyl (C=O) groups excluding carboxylic acids is 1. The van der Waals surface area contributed by atoms with Crippen molar-refractivity contribution in [3.8, 4) is 0 Å². The number of hydrogen-bond acceptors (Lipinski definition) is 4. The van der Waals surface area contributed by atoms with Gasteiger partial charge >= 0.3 is 0 Å². The highest BCUT2D eigenvalue weighted by molar-refractivity contribution is 7.92. The molecular weight excluding hydrogens is 362 g/mol. The lowest BCUT2D eigenvalue weighted by Gasteiger charge is -2.18. The molecule has 27 heavy (non-hydrogen) atoms. The maximum atomic E-state index is 12.4. The van der Waals surface area contributed by atoms with Crippen LogP contribution in [-0.2, 0) is 16.6 Å². The van der Waals surface area contributed by atoms with E-state index in [2.05, 4.69) is 22.3 Å². The van der Waals surface area contributed by atoms with Crippen LogP contribution in [0.5, 0.6) is 0 Å². The van der Waals surface area contributed by atoms with Gasteiger partial charge in [0, 0.05) is 37.9 Å². The Balaban J connectivity index is 1.62. The molecule has 0 unspecified atom stereocenters. The standard InChI is InChI=1S/C20H25N3O3S/c1-22(27(2,25)26)19-7-5-6-17(14-19)20(24)21-15-16-8-10-18(11-9-16)23-12-3-4-13-23/h5-11,14H,3-4,12-13,15H2,1-2H3,(H,21,24). The third-order valence-corrected chi connectivity index (χ3v) is 6.04.